The molecule has 8 nitrogen and oxygen atoms in total. The van der Waals surface area contributed by atoms with E-state index in [0.29, 0.717) is 34.5 Å². The molecule has 4 heterocycles. The lowest BCUT2D eigenvalue weighted by molar-refractivity contribution is 0.107. The fraction of sp³-hybridized carbons (Fsp3) is 0.391. The molecule has 3 aromatic rings. The van der Waals surface area contributed by atoms with Crippen molar-refractivity contribution in [2.45, 2.75) is 50.0 Å². The SMILES string of the molecule is CN(c1ccc(-c2ccc(-n3cnc(C#N)c3)cc2O)nn1)[C@H]1CC2CCCC(N2)[C@H]1F. The third kappa shape index (κ3) is 3.67. The molecule has 0 saturated carbocycles. The highest BCUT2D eigenvalue weighted by molar-refractivity contribution is 5.69. The zero-order chi connectivity index (χ0) is 22.2. The van der Waals surface area contributed by atoms with Gasteiger partial charge in [-0.15, -0.1) is 10.2 Å². The van der Waals surface area contributed by atoms with Crippen LogP contribution in [0.2, 0.25) is 0 Å². The molecule has 2 aliphatic heterocycles. The molecule has 0 spiro atoms. The molecule has 9 heteroatoms. The lowest BCUT2D eigenvalue weighted by atomic mass is 9.82. The Morgan fingerprint density at radius 3 is 2.84 bits per heavy atom. The number of halogens is 1. The number of anilines is 1. The van der Waals surface area contributed by atoms with Gasteiger partial charge in [0.15, 0.2) is 11.5 Å². The van der Waals surface area contributed by atoms with Crippen molar-refractivity contribution in [3.63, 3.8) is 0 Å². The number of nitrogens with zero attached hydrogens (tertiary/aromatic N) is 6. The number of alkyl halides is 1. The third-order valence-corrected chi connectivity index (χ3v) is 6.56. The highest BCUT2D eigenvalue weighted by Gasteiger charge is 2.41. The summed E-state index contributed by atoms with van der Waals surface area (Å²) in [4.78, 5) is 5.86. The first-order valence-electron chi connectivity index (χ1n) is 10.8. The molecule has 0 aliphatic carbocycles. The number of nitrogens with one attached hydrogen (secondary N) is 1. The van der Waals surface area contributed by atoms with E-state index >= 15 is 4.39 Å². The summed E-state index contributed by atoms with van der Waals surface area (Å²) in [5.74, 6) is 0.653. The van der Waals surface area contributed by atoms with Gasteiger partial charge in [-0.3, -0.25) is 0 Å². The molecule has 2 aromatic heterocycles. The summed E-state index contributed by atoms with van der Waals surface area (Å²) >= 11 is 0. The van der Waals surface area contributed by atoms with E-state index in [4.69, 9.17) is 5.26 Å². The molecule has 164 valence electrons. The summed E-state index contributed by atoms with van der Waals surface area (Å²) in [6.45, 7) is 0. The number of phenolic OH excluding ortho intramolecular Hbond substituents is 1. The quantitative estimate of drug-likeness (QED) is 0.652. The molecule has 1 aromatic carbocycles. The number of hydrogen-bond acceptors (Lipinski definition) is 7. The van der Waals surface area contributed by atoms with Crippen molar-refractivity contribution in [2.24, 2.45) is 0 Å². The average molecular weight is 433 g/mol. The Morgan fingerprint density at radius 1 is 1.25 bits per heavy atom. The van der Waals surface area contributed by atoms with Crippen molar-refractivity contribution in [2.75, 3.05) is 11.9 Å². The van der Waals surface area contributed by atoms with Crippen LogP contribution >= 0.6 is 0 Å². The molecule has 2 unspecified atom stereocenters. The zero-order valence-electron chi connectivity index (χ0n) is 17.7. The van der Waals surface area contributed by atoms with Gasteiger partial charge in [-0.25, -0.2) is 9.37 Å². The van der Waals surface area contributed by atoms with Gasteiger partial charge < -0.3 is 19.9 Å². The van der Waals surface area contributed by atoms with E-state index in [1.165, 1.54) is 6.33 Å². The monoisotopic (exact) mass is 433 g/mol. The minimum Gasteiger partial charge on any atom is -0.507 e. The van der Waals surface area contributed by atoms with Crippen molar-refractivity contribution < 1.29 is 9.50 Å². The Hall–Kier alpha value is -3.51. The summed E-state index contributed by atoms with van der Waals surface area (Å²) in [5.41, 5.74) is 2.03. The number of piperidine rings is 2. The maximum absolute atomic E-state index is 15.0. The fourth-order valence-corrected chi connectivity index (χ4v) is 4.80. The van der Waals surface area contributed by atoms with Crippen molar-refractivity contribution in [3.05, 3.63) is 48.5 Å². The van der Waals surface area contributed by atoms with Gasteiger partial charge in [-0.2, -0.15) is 5.26 Å². The molecule has 2 saturated heterocycles. The summed E-state index contributed by atoms with van der Waals surface area (Å²) in [7, 11) is 1.87. The molecular formula is C23H24FN7O. The van der Waals surface area contributed by atoms with Crippen LogP contribution in [0.25, 0.3) is 16.9 Å². The van der Waals surface area contributed by atoms with Crippen molar-refractivity contribution in [1.29, 1.82) is 5.26 Å². The van der Waals surface area contributed by atoms with Gasteiger partial charge in [0.1, 0.15) is 24.3 Å². The second kappa shape index (κ2) is 8.20. The lowest BCUT2D eigenvalue weighted by Crippen LogP contribution is -2.61. The predicted molar refractivity (Wildman–Crippen MR) is 117 cm³/mol. The van der Waals surface area contributed by atoms with E-state index in [1.807, 2.05) is 24.1 Å². The minimum absolute atomic E-state index is 0.0418. The van der Waals surface area contributed by atoms with Crippen LogP contribution in [-0.4, -0.2) is 56.2 Å². The number of hydrogen-bond donors (Lipinski definition) is 2. The number of benzene rings is 1. The van der Waals surface area contributed by atoms with Crippen molar-refractivity contribution >= 4 is 5.82 Å². The maximum Gasteiger partial charge on any atom is 0.158 e. The van der Waals surface area contributed by atoms with E-state index in [1.54, 1.807) is 35.0 Å². The lowest BCUT2D eigenvalue weighted by Gasteiger charge is -2.46. The first kappa shape index (κ1) is 20.4. The smallest absolute Gasteiger partial charge is 0.158 e. The van der Waals surface area contributed by atoms with Gasteiger partial charge in [0.2, 0.25) is 0 Å². The summed E-state index contributed by atoms with van der Waals surface area (Å²) in [6.07, 6.45) is 5.96. The third-order valence-electron chi connectivity index (χ3n) is 6.56. The van der Waals surface area contributed by atoms with Crippen LogP contribution in [0.4, 0.5) is 10.2 Å². The number of aromatic hydroxyl groups is 1. The summed E-state index contributed by atoms with van der Waals surface area (Å²) in [6, 6.07) is 10.8. The number of nitriles is 1. The van der Waals surface area contributed by atoms with Crippen LogP contribution in [0, 0.1) is 11.3 Å². The Bertz CT molecular complexity index is 1160. The normalized spacial score (nSPS) is 24.7. The maximum atomic E-state index is 15.0. The Kier molecular flexibility index (Phi) is 5.23. The first-order valence-corrected chi connectivity index (χ1v) is 10.8. The highest BCUT2D eigenvalue weighted by atomic mass is 19.1. The Balaban J connectivity index is 1.35. The first-order chi connectivity index (χ1) is 15.5. The van der Waals surface area contributed by atoms with Crippen LogP contribution in [0.1, 0.15) is 31.4 Å². The number of phenols is 1. The topological polar surface area (TPSA) is 103 Å². The molecule has 2 N–H and O–H groups in total. The number of fused-ring (bicyclic) bond motifs is 2. The molecule has 2 fully saturated rings. The van der Waals surface area contributed by atoms with E-state index in [2.05, 4.69) is 20.5 Å². The van der Waals surface area contributed by atoms with Gasteiger partial charge in [0, 0.05) is 37.0 Å². The van der Waals surface area contributed by atoms with Crippen LogP contribution in [-0.2, 0) is 0 Å². The Labute approximate surface area is 185 Å². The van der Waals surface area contributed by atoms with Crippen molar-refractivity contribution in [1.82, 2.24) is 25.1 Å². The van der Waals surface area contributed by atoms with E-state index < -0.39 is 6.17 Å². The second-order valence-corrected chi connectivity index (χ2v) is 8.52. The average Bonchev–Trinajstić information content (AvgIpc) is 3.31. The van der Waals surface area contributed by atoms with E-state index in [0.717, 1.165) is 25.7 Å². The van der Waals surface area contributed by atoms with Gasteiger partial charge in [0.25, 0.3) is 0 Å². The fourth-order valence-electron chi connectivity index (χ4n) is 4.80. The van der Waals surface area contributed by atoms with Crippen LogP contribution in [0.3, 0.4) is 0 Å². The molecular weight excluding hydrogens is 409 g/mol. The number of rotatable bonds is 4. The van der Waals surface area contributed by atoms with Gasteiger partial charge >= 0.3 is 0 Å². The molecule has 2 aliphatic rings. The second-order valence-electron chi connectivity index (χ2n) is 8.52. The molecule has 2 bridgehead atoms. The van der Waals surface area contributed by atoms with Crippen molar-refractivity contribution in [3.8, 4) is 28.8 Å². The van der Waals surface area contributed by atoms with Gasteiger partial charge in [0.05, 0.1) is 17.4 Å². The minimum atomic E-state index is -0.945. The molecule has 0 radical (unpaired) electrons. The van der Waals surface area contributed by atoms with E-state index in [9.17, 15) is 5.11 Å². The van der Waals surface area contributed by atoms with Crippen LogP contribution < -0.4 is 10.2 Å². The predicted octanol–water partition coefficient (Wildman–Crippen LogP) is 2.96. The summed E-state index contributed by atoms with van der Waals surface area (Å²) in [5, 5.41) is 31.5. The largest absolute Gasteiger partial charge is 0.507 e. The van der Waals surface area contributed by atoms with Crippen LogP contribution in [0.15, 0.2) is 42.9 Å². The van der Waals surface area contributed by atoms with Crippen LogP contribution in [0.5, 0.6) is 5.75 Å². The zero-order valence-corrected chi connectivity index (χ0v) is 17.7. The Morgan fingerprint density at radius 2 is 2.12 bits per heavy atom. The number of imidazole rings is 1. The van der Waals surface area contributed by atoms with Gasteiger partial charge in [-0.05, 0) is 43.5 Å². The molecule has 4 atom stereocenters. The molecule has 5 rings (SSSR count). The number of aromatic nitrogens is 4. The molecule has 32 heavy (non-hydrogen) atoms. The summed E-state index contributed by atoms with van der Waals surface area (Å²) < 4.78 is 16.7. The molecule has 0 amide bonds. The standard InChI is InChI=1S/C23H24FN7O/c1-30(20-9-14-3-2-4-19(27-14)23(20)24)22-8-7-18(28-29-22)17-6-5-16(10-21(17)32)31-12-15(11-25)26-13-31/h5-8,10,12-14,19-20,23,27,32H,2-4,9H2,1H3/t14?,19?,20-,23+/m0/s1. The van der Waals surface area contributed by atoms with E-state index in [-0.39, 0.29) is 17.8 Å². The highest BCUT2D eigenvalue weighted by Crippen LogP contribution is 2.33. The van der Waals surface area contributed by atoms with Gasteiger partial charge in [-0.1, -0.05) is 6.42 Å².